The fourth-order valence-electron chi connectivity index (χ4n) is 2.77. The molecule has 1 fully saturated rings. The van der Waals surface area contributed by atoms with Gasteiger partial charge >= 0.3 is 0 Å². The minimum Gasteiger partial charge on any atom is -0.297 e. The number of likely N-dealkylation sites (tertiary alicyclic amines) is 1. The highest BCUT2D eigenvalue weighted by Gasteiger charge is 2.29. The Morgan fingerprint density at radius 2 is 1.48 bits per heavy atom. The zero-order valence-corrected chi connectivity index (χ0v) is 16.9. The van der Waals surface area contributed by atoms with Crippen LogP contribution in [0.4, 0.5) is 0 Å². The fraction of sp³-hybridized carbons (Fsp3) is 0.600. The summed E-state index contributed by atoms with van der Waals surface area (Å²) in [4.78, 5) is 2.20. The SMILES string of the molecule is CC(C)(CNS(=O)(=O)c1ccc(S(N)(=O)=O)cc1)N1CCCCC1.Cl. The Labute approximate surface area is 156 Å². The fourth-order valence-corrected chi connectivity index (χ4v) is 4.49. The lowest BCUT2D eigenvalue weighted by Crippen LogP contribution is -2.53. The van der Waals surface area contributed by atoms with E-state index in [1.54, 1.807) is 0 Å². The summed E-state index contributed by atoms with van der Waals surface area (Å²) in [6.07, 6.45) is 3.48. The monoisotopic (exact) mass is 411 g/mol. The number of sulfonamides is 2. The number of primary sulfonamides is 1. The van der Waals surface area contributed by atoms with Gasteiger partial charge in [-0.3, -0.25) is 4.90 Å². The molecule has 10 heteroatoms. The highest BCUT2D eigenvalue weighted by atomic mass is 35.5. The van der Waals surface area contributed by atoms with Gasteiger partial charge in [-0.25, -0.2) is 26.7 Å². The molecule has 0 amide bonds. The van der Waals surface area contributed by atoms with E-state index >= 15 is 0 Å². The summed E-state index contributed by atoms with van der Waals surface area (Å²) in [5, 5.41) is 5.02. The summed E-state index contributed by atoms with van der Waals surface area (Å²) >= 11 is 0. The van der Waals surface area contributed by atoms with Crippen molar-refractivity contribution in [2.24, 2.45) is 5.14 Å². The van der Waals surface area contributed by atoms with Crippen LogP contribution in [0.1, 0.15) is 33.1 Å². The molecule has 1 aromatic rings. The van der Waals surface area contributed by atoms with Crippen molar-refractivity contribution in [3.8, 4) is 0 Å². The number of nitrogens with one attached hydrogen (secondary N) is 1. The van der Waals surface area contributed by atoms with Crippen LogP contribution >= 0.6 is 12.4 Å². The van der Waals surface area contributed by atoms with Crippen molar-refractivity contribution in [1.82, 2.24) is 9.62 Å². The lowest BCUT2D eigenvalue weighted by atomic mass is 9.99. The topological polar surface area (TPSA) is 110 Å². The van der Waals surface area contributed by atoms with E-state index in [1.807, 2.05) is 13.8 Å². The van der Waals surface area contributed by atoms with E-state index < -0.39 is 20.0 Å². The largest absolute Gasteiger partial charge is 0.297 e. The Morgan fingerprint density at radius 3 is 1.96 bits per heavy atom. The van der Waals surface area contributed by atoms with Crippen molar-refractivity contribution < 1.29 is 16.8 Å². The lowest BCUT2D eigenvalue weighted by Gasteiger charge is -2.41. The Kier molecular flexibility index (Phi) is 7.43. The predicted molar refractivity (Wildman–Crippen MR) is 99.8 cm³/mol. The molecule has 1 aliphatic rings. The van der Waals surface area contributed by atoms with E-state index in [2.05, 4.69) is 9.62 Å². The molecule has 0 unspecified atom stereocenters. The quantitative estimate of drug-likeness (QED) is 0.733. The van der Waals surface area contributed by atoms with Gasteiger partial charge in [-0.15, -0.1) is 12.4 Å². The van der Waals surface area contributed by atoms with E-state index in [9.17, 15) is 16.8 Å². The zero-order chi connectivity index (χ0) is 18.0. The minimum absolute atomic E-state index is 0. The smallest absolute Gasteiger partial charge is 0.240 e. The van der Waals surface area contributed by atoms with Crippen LogP contribution in [0.15, 0.2) is 34.1 Å². The summed E-state index contributed by atoms with van der Waals surface area (Å²) in [5.41, 5.74) is -0.284. The van der Waals surface area contributed by atoms with E-state index in [0.717, 1.165) is 25.9 Å². The van der Waals surface area contributed by atoms with Crippen LogP contribution in [0, 0.1) is 0 Å². The van der Waals surface area contributed by atoms with E-state index in [1.165, 1.54) is 30.7 Å². The molecule has 3 N–H and O–H groups in total. The van der Waals surface area contributed by atoms with Crippen molar-refractivity contribution in [3.63, 3.8) is 0 Å². The first-order chi connectivity index (χ1) is 11.0. The molecule has 1 heterocycles. The van der Waals surface area contributed by atoms with Crippen LogP contribution in [-0.4, -0.2) is 46.9 Å². The summed E-state index contributed by atoms with van der Waals surface area (Å²) < 4.78 is 49.9. The molecule has 0 spiro atoms. The van der Waals surface area contributed by atoms with Gasteiger partial charge < -0.3 is 0 Å². The summed E-state index contributed by atoms with van der Waals surface area (Å²) in [6.45, 7) is 6.26. The lowest BCUT2D eigenvalue weighted by molar-refractivity contribution is 0.0990. The van der Waals surface area contributed by atoms with Crippen molar-refractivity contribution in [2.75, 3.05) is 19.6 Å². The molecule has 0 atom stereocenters. The van der Waals surface area contributed by atoms with Gasteiger partial charge in [-0.05, 0) is 64.0 Å². The average Bonchev–Trinajstić information content (AvgIpc) is 2.53. The normalized spacial score (nSPS) is 17.1. The third-order valence-electron chi connectivity index (χ3n) is 4.37. The molecule has 1 aliphatic heterocycles. The standard InChI is InChI=1S/C15H25N3O4S2.ClH/c1-15(2,18-10-4-3-5-11-18)12-17-24(21,22)14-8-6-13(7-9-14)23(16,19)20;/h6-9,17H,3-5,10-12H2,1-2H3,(H2,16,19,20);1H. The molecule has 0 saturated carbocycles. The number of hydrogen-bond acceptors (Lipinski definition) is 5. The second-order valence-corrected chi connectivity index (χ2v) is 10.0. The number of halogens is 1. The molecule has 0 aliphatic carbocycles. The van der Waals surface area contributed by atoms with Gasteiger partial charge in [0.05, 0.1) is 9.79 Å². The van der Waals surface area contributed by atoms with Gasteiger partial charge in [0.25, 0.3) is 0 Å². The Balaban J connectivity index is 0.00000312. The maximum absolute atomic E-state index is 12.4. The summed E-state index contributed by atoms with van der Waals surface area (Å²) in [5.74, 6) is 0. The third-order valence-corrected chi connectivity index (χ3v) is 6.72. The highest BCUT2D eigenvalue weighted by molar-refractivity contribution is 7.89. The molecule has 144 valence electrons. The van der Waals surface area contributed by atoms with Crippen molar-refractivity contribution in [2.45, 2.75) is 48.4 Å². The van der Waals surface area contributed by atoms with Crippen LogP contribution in [0.2, 0.25) is 0 Å². The number of piperidine rings is 1. The molecule has 1 saturated heterocycles. The van der Waals surface area contributed by atoms with Gasteiger partial charge in [0, 0.05) is 12.1 Å². The van der Waals surface area contributed by atoms with Crippen molar-refractivity contribution in [1.29, 1.82) is 0 Å². The Hall–Kier alpha value is -0.710. The average molecular weight is 412 g/mol. The van der Waals surface area contributed by atoms with Crippen molar-refractivity contribution >= 4 is 32.5 Å². The van der Waals surface area contributed by atoms with Gasteiger partial charge in [0.15, 0.2) is 0 Å². The number of rotatable bonds is 6. The maximum Gasteiger partial charge on any atom is 0.240 e. The summed E-state index contributed by atoms with van der Waals surface area (Å²) in [6, 6.07) is 4.88. The first-order valence-corrected chi connectivity index (χ1v) is 10.9. The molecule has 0 radical (unpaired) electrons. The molecular weight excluding hydrogens is 386 g/mol. The van der Waals surface area contributed by atoms with Gasteiger partial charge in [-0.2, -0.15) is 0 Å². The van der Waals surface area contributed by atoms with Crippen LogP contribution < -0.4 is 9.86 Å². The first kappa shape index (κ1) is 22.3. The third kappa shape index (κ3) is 5.90. The zero-order valence-electron chi connectivity index (χ0n) is 14.4. The van der Waals surface area contributed by atoms with E-state index in [4.69, 9.17) is 5.14 Å². The molecule has 2 rings (SSSR count). The van der Waals surface area contributed by atoms with E-state index in [0.29, 0.717) is 0 Å². The molecule has 25 heavy (non-hydrogen) atoms. The van der Waals surface area contributed by atoms with Gasteiger partial charge in [-0.1, -0.05) is 6.42 Å². The Morgan fingerprint density at radius 1 is 1.00 bits per heavy atom. The van der Waals surface area contributed by atoms with Crippen molar-refractivity contribution in [3.05, 3.63) is 24.3 Å². The van der Waals surface area contributed by atoms with Gasteiger partial charge in [0.1, 0.15) is 0 Å². The molecule has 1 aromatic carbocycles. The maximum atomic E-state index is 12.4. The second-order valence-electron chi connectivity index (χ2n) is 6.70. The number of nitrogens with two attached hydrogens (primary N) is 1. The van der Waals surface area contributed by atoms with E-state index in [-0.39, 0.29) is 34.3 Å². The molecule has 0 aromatic heterocycles. The molecular formula is C15H26ClN3O4S2. The minimum atomic E-state index is -3.84. The highest BCUT2D eigenvalue weighted by Crippen LogP contribution is 2.21. The Bertz CT molecular complexity index is 771. The first-order valence-electron chi connectivity index (χ1n) is 7.90. The van der Waals surface area contributed by atoms with Gasteiger partial charge in [0.2, 0.25) is 20.0 Å². The summed E-state index contributed by atoms with van der Waals surface area (Å²) in [7, 11) is -7.54. The molecule has 7 nitrogen and oxygen atoms in total. The predicted octanol–water partition coefficient (Wildman–Crippen LogP) is 1.30. The molecule has 0 bridgehead atoms. The number of benzene rings is 1. The van der Waals surface area contributed by atoms with Crippen LogP contribution in [-0.2, 0) is 20.0 Å². The number of nitrogens with zero attached hydrogens (tertiary/aromatic N) is 1. The second kappa shape index (κ2) is 8.32. The van der Waals surface area contributed by atoms with Crippen LogP contribution in [0.25, 0.3) is 0 Å². The van der Waals surface area contributed by atoms with Crippen LogP contribution in [0.3, 0.4) is 0 Å². The van der Waals surface area contributed by atoms with Crippen LogP contribution in [0.5, 0.6) is 0 Å². The number of hydrogen-bond donors (Lipinski definition) is 2.